The van der Waals surface area contributed by atoms with Crippen LogP contribution in [0.5, 0.6) is 0 Å². The molecule has 17 heterocycles. The molecule has 6 aliphatic heterocycles. The zero-order chi connectivity index (χ0) is 91.6. The SMILES string of the molecule is CN1CCC(c2ccc(Nc3ncc4cc(-c5nc(-c6cccnc6)cn5C)c(=O)n(-c5ccccc5)c4n3)cc2)CC1.Cc1nn(C2=CCN=C2)c(C)c1-c1cc2cnc(Nc3ccc(N4C[C@@H](C)N[C@@H](C)C4)c(F)c3)nc2n(CC2CCOCC2)c1=O.O=c1c(-c2ccc(-c3ccoc3)cc2F)cc2cnc(Nc3ccc(N4CCN5CCCC5C4)cc3)nc2n1Cc1nccs1. The number of thiazole rings is 1. The molecule has 0 radical (unpaired) electrons. The molecule has 0 saturated carbocycles. The number of nitrogens with one attached hydrogen (secondary N) is 4. The number of aryl methyl sites for hydroxylation is 2. The van der Waals surface area contributed by atoms with E-state index in [1.807, 2.05) is 121 Å². The van der Waals surface area contributed by atoms with Crippen LogP contribution in [0.2, 0.25) is 0 Å². The summed E-state index contributed by atoms with van der Waals surface area (Å²) in [5.41, 5.74) is 14.8. The van der Waals surface area contributed by atoms with Crippen LogP contribution in [0.4, 0.5) is 55.1 Å². The average Bonchev–Trinajstić information content (AvgIpc) is 1.43. The van der Waals surface area contributed by atoms with Crippen LogP contribution in [-0.4, -0.2) is 186 Å². The summed E-state index contributed by atoms with van der Waals surface area (Å²) in [6, 6.07) is 48.5. The minimum absolute atomic E-state index is 0.127. The van der Waals surface area contributed by atoms with Crippen LogP contribution >= 0.6 is 11.3 Å². The molecule has 32 heteroatoms. The molecule has 29 nitrogen and oxygen atoms in total. The summed E-state index contributed by atoms with van der Waals surface area (Å²) >= 11 is 1.45. The number of hydrogen-bond acceptors (Lipinski definition) is 25. The van der Waals surface area contributed by atoms with E-state index in [0.29, 0.717) is 118 Å². The van der Waals surface area contributed by atoms with Gasteiger partial charge in [0, 0.05) is 199 Å². The highest BCUT2D eigenvalue weighted by molar-refractivity contribution is 7.09. The molecular formula is C102H102F2N24O5S. The van der Waals surface area contributed by atoms with Gasteiger partial charge in [0.2, 0.25) is 17.8 Å². The van der Waals surface area contributed by atoms with Gasteiger partial charge in [0.05, 0.1) is 70.8 Å². The molecule has 11 aromatic heterocycles. The predicted octanol–water partition coefficient (Wildman–Crippen LogP) is 16.9. The number of piperazine rings is 2. The van der Waals surface area contributed by atoms with E-state index >= 15 is 8.78 Å². The Morgan fingerprint density at radius 3 is 1.94 bits per heavy atom. The summed E-state index contributed by atoms with van der Waals surface area (Å²) < 4.78 is 50.3. The number of hydrogen-bond donors (Lipinski definition) is 4. The van der Waals surface area contributed by atoms with E-state index in [2.05, 4.69) is 128 Å². The van der Waals surface area contributed by atoms with Crippen LogP contribution in [-0.2, 0) is 24.9 Å². The van der Waals surface area contributed by atoms with Gasteiger partial charge in [-0.1, -0.05) is 42.5 Å². The van der Waals surface area contributed by atoms with Crippen LogP contribution < -0.4 is 47.7 Å². The maximum atomic E-state index is 15.5. The number of rotatable bonds is 20. The predicted molar refractivity (Wildman–Crippen MR) is 524 cm³/mol. The van der Waals surface area contributed by atoms with Crippen molar-refractivity contribution in [1.82, 2.24) is 88.0 Å². The largest absolute Gasteiger partial charge is 0.472 e. The van der Waals surface area contributed by atoms with E-state index in [0.717, 1.165) is 125 Å². The van der Waals surface area contributed by atoms with Gasteiger partial charge >= 0.3 is 0 Å². The Balaban J connectivity index is 0.000000125. The highest BCUT2D eigenvalue weighted by atomic mass is 32.1. The fraction of sp³-hybridized carbons (Fsp3) is 0.294. The zero-order valence-corrected chi connectivity index (χ0v) is 76.1. The van der Waals surface area contributed by atoms with Crippen LogP contribution in [0.15, 0.2) is 243 Å². The molecule has 4 N–H and O–H groups in total. The van der Waals surface area contributed by atoms with Crippen molar-refractivity contribution in [3.63, 3.8) is 0 Å². The fourth-order valence-electron chi connectivity index (χ4n) is 19.3. The minimum Gasteiger partial charge on any atom is -0.472 e. The number of imidazole rings is 1. The Morgan fingerprint density at radius 2 is 1.26 bits per heavy atom. The highest BCUT2D eigenvalue weighted by Gasteiger charge is 2.33. The van der Waals surface area contributed by atoms with Crippen molar-refractivity contribution in [2.24, 2.45) is 18.0 Å². The molecule has 0 amide bonds. The second-order valence-electron chi connectivity index (χ2n) is 35.4. The van der Waals surface area contributed by atoms with Gasteiger partial charge in [0.25, 0.3) is 16.7 Å². The number of fused-ring (bicyclic) bond motifs is 4. The van der Waals surface area contributed by atoms with E-state index in [4.69, 9.17) is 34.2 Å². The number of anilines is 8. The lowest BCUT2D eigenvalue weighted by molar-refractivity contribution is 0.0613. The van der Waals surface area contributed by atoms with E-state index in [-0.39, 0.29) is 58.2 Å². The summed E-state index contributed by atoms with van der Waals surface area (Å²) in [6.07, 6.45) is 25.8. The topological polar surface area (TPSA) is 301 Å². The number of aromatic nitrogens is 15. The van der Waals surface area contributed by atoms with E-state index < -0.39 is 5.82 Å². The summed E-state index contributed by atoms with van der Waals surface area (Å²) in [4.78, 5) is 97.9. The lowest BCUT2D eigenvalue weighted by atomic mass is 9.89. The Labute approximate surface area is 775 Å². The smallest absolute Gasteiger partial charge is 0.267 e. The molecule has 0 spiro atoms. The first kappa shape index (κ1) is 87.5. The standard InChI is InChI=1S/C34H40FN9O2.C34H30FN7O2S.C34H32N8O/c1-20-17-42(18-21(2)38-20)30-6-5-26(14-29(30)35)39-34-37-15-25-13-28(31-22(3)41-44(23(31)4)27-7-10-36-16-27)33(45)43(32(25)40-34)19-24-8-11-46-12-9-24;35-30-17-22(23-9-14-44-21-23)3-8-28(30)29-16-24-18-37-34(39-32(24)42(33(29)43)20-31-36-10-15-45-31)38-25-4-6-26(7-5-25)41-13-12-40-11-1-2-27(40)19-41;1-40-17-14-24(15-18-40)23-10-12-27(13-11-23)37-34-36-21-26-19-29(32-38-30(22-41(32)2)25-7-6-16-35-20-25)33(43)42(31(26)39-34)28-8-4-3-5-9-28/h5-7,13-16,20-21,24,38H,8-12,17-19H2,1-4H3,(H,37,39,40);3-10,14-18,21,27H,1-2,11-13,19-20H2,(H,37,38,39);3-13,16,19-22,24H,14-15,17-18H2,1-2H3,(H,36,37,39)/t20-,21+;;. The zero-order valence-electron chi connectivity index (χ0n) is 75.3. The van der Waals surface area contributed by atoms with Gasteiger partial charge in [-0.05, 0) is 231 Å². The fourth-order valence-corrected chi connectivity index (χ4v) is 19.9. The molecule has 6 aliphatic rings. The van der Waals surface area contributed by atoms with Gasteiger partial charge in [-0.25, -0.2) is 38.4 Å². The van der Waals surface area contributed by atoms with Crippen molar-refractivity contribution >= 4 is 103 Å². The monoisotopic (exact) mass is 1810 g/mol. The molecule has 680 valence electrons. The van der Waals surface area contributed by atoms with Crippen LogP contribution in [0.25, 0.3) is 101 Å². The number of likely N-dealkylation sites (tertiary alicyclic amines) is 1. The van der Waals surface area contributed by atoms with Gasteiger partial charge < -0.3 is 49.7 Å². The molecule has 5 aromatic carbocycles. The first-order chi connectivity index (χ1) is 65.4. The number of halogens is 2. The minimum atomic E-state index is -0.501. The third-order valence-corrected chi connectivity index (χ3v) is 26.9. The number of nitrogens with zero attached hydrogens (tertiary/aromatic N) is 20. The van der Waals surface area contributed by atoms with Crippen molar-refractivity contribution in [2.75, 3.05) is 105 Å². The van der Waals surface area contributed by atoms with Crippen molar-refractivity contribution < 1.29 is 17.9 Å². The van der Waals surface area contributed by atoms with Crippen molar-refractivity contribution in [3.8, 4) is 61.7 Å². The summed E-state index contributed by atoms with van der Waals surface area (Å²) in [5.74, 6) is 1.70. The summed E-state index contributed by atoms with van der Waals surface area (Å²) in [7, 11) is 4.07. The van der Waals surface area contributed by atoms with Gasteiger partial charge in [-0.15, -0.1) is 11.3 Å². The number of aliphatic imine (C=N–C) groups is 1. The second-order valence-corrected chi connectivity index (χ2v) is 36.4. The number of benzene rings is 5. The first-order valence-electron chi connectivity index (χ1n) is 45.7. The Bertz CT molecular complexity index is 7230. The average molecular weight is 1810 g/mol. The number of pyridine rings is 4. The van der Waals surface area contributed by atoms with E-state index in [9.17, 15) is 14.4 Å². The molecular weight excluding hydrogens is 1710 g/mol. The van der Waals surface area contributed by atoms with E-state index in [1.165, 1.54) is 73.2 Å². The van der Waals surface area contributed by atoms with Crippen molar-refractivity contribution in [3.05, 3.63) is 284 Å². The Morgan fingerprint density at radius 1 is 0.575 bits per heavy atom. The number of piperidine rings is 1. The van der Waals surface area contributed by atoms with Gasteiger partial charge in [-0.2, -0.15) is 20.1 Å². The summed E-state index contributed by atoms with van der Waals surface area (Å²) in [5, 5.41) is 22.8. The molecule has 3 atom stereocenters. The summed E-state index contributed by atoms with van der Waals surface area (Å²) in [6.45, 7) is 19.0. The molecule has 0 aliphatic carbocycles. The third-order valence-electron chi connectivity index (χ3n) is 26.1. The number of para-hydroxylation sites is 1. The van der Waals surface area contributed by atoms with Crippen LogP contribution in [0.1, 0.15) is 80.2 Å². The molecule has 1 unspecified atom stereocenters. The maximum Gasteiger partial charge on any atom is 0.267 e. The maximum absolute atomic E-state index is 15.5. The molecule has 5 saturated heterocycles. The van der Waals surface area contributed by atoms with Crippen molar-refractivity contribution in [2.45, 2.75) is 103 Å². The number of furan rings is 1. The lowest BCUT2D eigenvalue weighted by Crippen LogP contribution is -2.54. The van der Waals surface area contributed by atoms with Gasteiger partial charge in [-0.3, -0.25) is 43.0 Å². The normalized spacial score (nSPS) is 17.2. The number of ether oxygens (including phenoxy) is 1. The van der Waals surface area contributed by atoms with Crippen LogP contribution in [0, 0.1) is 31.4 Å². The van der Waals surface area contributed by atoms with Gasteiger partial charge in [0.15, 0.2) is 5.65 Å². The van der Waals surface area contributed by atoms with Crippen LogP contribution in [0.3, 0.4) is 0 Å². The van der Waals surface area contributed by atoms with E-state index in [1.54, 1.807) is 93.7 Å². The number of allylic oxidation sites excluding steroid dienone is 1. The quantitative estimate of drug-likeness (QED) is 0.0551. The Hall–Kier alpha value is -14.4. The van der Waals surface area contributed by atoms with Gasteiger partial charge in [0.1, 0.15) is 33.8 Å². The Kier molecular flexibility index (Phi) is 25.1. The molecule has 16 aromatic rings. The second kappa shape index (κ2) is 38.4. The molecule has 5 fully saturated rings. The molecule has 22 rings (SSSR count). The molecule has 0 bridgehead atoms. The lowest BCUT2D eigenvalue weighted by Gasteiger charge is -2.38. The van der Waals surface area contributed by atoms with Crippen molar-refractivity contribution in [1.29, 1.82) is 0 Å². The first-order valence-corrected chi connectivity index (χ1v) is 46.5. The third kappa shape index (κ3) is 18.7. The molecule has 134 heavy (non-hydrogen) atoms. The highest BCUT2D eigenvalue weighted by Crippen LogP contribution is 2.37.